The Bertz CT molecular complexity index is 507. The zero-order valence-electron chi connectivity index (χ0n) is 9.65. The van der Waals surface area contributed by atoms with E-state index in [2.05, 4.69) is 31.9 Å². The van der Waals surface area contributed by atoms with Gasteiger partial charge in [0.1, 0.15) is 0 Å². The summed E-state index contributed by atoms with van der Waals surface area (Å²) in [5, 5.41) is 0.115. The molecule has 6 heteroatoms. The molecule has 1 aromatic rings. The molecule has 1 saturated heterocycles. The predicted molar refractivity (Wildman–Crippen MR) is 80.9 cm³/mol. The molecule has 2 rings (SSSR count). The van der Waals surface area contributed by atoms with Crippen molar-refractivity contribution in [3.63, 3.8) is 0 Å². The highest BCUT2D eigenvalue weighted by atomic mass is 79.9. The van der Waals surface area contributed by atoms with E-state index in [1.165, 1.54) is 18.7 Å². The molecule has 1 aliphatic rings. The molecule has 1 fully saturated rings. The number of halogens is 2. The van der Waals surface area contributed by atoms with Crippen molar-refractivity contribution in [1.29, 1.82) is 0 Å². The van der Waals surface area contributed by atoms with Gasteiger partial charge in [-0.05, 0) is 34.1 Å². The highest BCUT2D eigenvalue weighted by molar-refractivity contribution is 9.11. The zero-order valence-corrected chi connectivity index (χ0v) is 13.6. The van der Waals surface area contributed by atoms with Gasteiger partial charge in [-0.2, -0.15) is 0 Å². The molecule has 1 aliphatic heterocycles. The van der Waals surface area contributed by atoms with Gasteiger partial charge >= 0.3 is 0 Å². The topological polar surface area (TPSA) is 37.4 Å². The van der Waals surface area contributed by atoms with Crippen molar-refractivity contribution in [3.8, 4) is 0 Å². The van der Waals surface area contributed by atoms with Crippen LogP contribution in [0.1, 0.15) is 13.3 Å². The van der Waals surface area contributed by atoms with Crippen molar-refractivity contribution in [1.82, 2.24) is 0 Å². The average Bonchev–Trinajstić information content (AvgIpc) is 2.62. The van der Waals surface area contributed by atoms with Crippen LogP contribution in [-0.4, -0.2) is 22.8 Å². The van der Waals surface area contributed by atoms with E-state index in [9.17, 15) is 9.59 Å². The van der Waals surface area contributed by atoms with Crippen LogP contribution in [0.5, 0.6) is 0 Å². The van der Waals surface area contributed by atoms with Crippen LogP contribution in [0.15, 0.2) is 27.1 Å². The summed E-state index contributed by atoms with van der Waals surface area (Å²) in [6.45, 7) is 2.12. The maximum absolute atomic E-state index is 12.0. The molecular weight excluding hydrogens is 382 g/mol. The fraction of sp³-hybridized carbons (Fsp3) is 0.333. The van der Waals surface area contributed by atoms with Crippen LogP contribution in [-0.2, 0) is 9.59 Å². The number of nitrogens with zero attached hydrogens (tertiary/aromatic N) is 1. The van der Waals surface area contributed by atoms with Crippen molar-refractivity contribution in [2.24, 2.45) is 0 Å². The van der Waals surface area contributed by atoms with Crippen molar-refractivity contribution in [2.75, 3.05) is 11.4 Å². The standard InChI is InChI=1S/C12H11Br2NO2S/c1-7(16)18-9-5-12(17)15(6-9)11-4-8(13)2-3-10(11)14/h2-4,9H,5-6H2,1H3. The number of amides is 1. The van der Waals surface area contributed by atoms with Crippen molar-refractivity contribution >= 4 is 60.3 Å². The minimum atomic E-state index is 0.0564. The summed E-state index contributed by atoms with van der Waals surface area (Å²) >= 11 is 8.10. The number of hydrogen-bond donors (Lipinski definition) is 0. The summed E-state index contributed by atoms with van der Waals surface area (Å²) in [5.74, 6) is 0.0625. The number of thioether (sulfide) groups is 1. The monoisotopic (exact) mass is 391 g/mol. The Morgan fingerprint density at radius 2 is 2.17 bits per heavy atom. The molecule has 1 aromatic carbocycles. The molecule has 0 N–H and O–H groups in total. The molecule has 1 atom stereocenters. The summed E-state index contributed by atoms with van der Waals surface area (Å²) in [5.41, 5.74) is 0.848. The maximum atomic E-state index is 12.0. The van der Waals surface area contributed by atoms with Crippen LogP contribution in [0.25, 0.3) is 0 Å². The van der Waals surface area contributed by atoms with Crippen molar-refractivity contribution in [3.05, 3.63) is 27.1 Å². The number of anilines is 1. The fourth-order valence-electron chi connectivity index (χ4n) is 1.91. The summed E-state index contributed by atoms with van der Waals surface area (Å²) in [4.78, 5) is 24.8. The Hall–Kier alpha value is -0.330. The molecule has 0 radical (unpaired) electrons. The molecule has 18 heavy (non-hydrogen) atoms. The minimum absolute atomic E-state index is 0.0564. The number of hydrogen-bond acceptors (Lipinski definition) is 3. The Morgan fingerprint density at radius 1 is 1.44 bits per heavy atom. The molecule has 0 aromatic heterocycles. The second-order valence-electron chi connectivity index (χ2n) is 4.04. The van der Waals surface area contributed by atoms with Crippen LogP contribution in [0.3, 0.4) is 0 Å². The summed E-state index contributed by atoms with van der Waals surface area (Å²) in [6, 6.07) is 5.72. The number of carbonyl (C=O) groups is 2. The third-order valence-corrected chi connectivity index (χ3v) is 4.77. The molecule has 1 amide bonds. The second-order valence-corrected chi connectivity index (χ2v) is 7.28. The van der Waals surface area contributed by atoms with Crippen molar-refractivity contribution < 1.29 is 9.59 Å². The van der Waals surface area contributed by atoms with Gasteiger partial charge in [-0.3, -0.25) is 9.59 Å². The molecule has 96 valence electrons. The first kappa shape index (κ1) is 14.1. The molecule has 1 unspecified atom stereocenters. The Balaban J connectivity index is 2.21. The smallest absolute Gasteiger partial charge is 0.228 e. The van der Waals surface area contributed by atoms with E-state index in [1.54, 1.807) is 4.90 Å². The molecule has 0 aliphatic carbocycles. The third-order valence-electron chi connectivity index (χ3n) is 2.62. The van der Waals surface area contributed by atoms with Crippen molar-refractivity contribution in [2.45, 2.75) is 18.6 Å². The molecule has 0 bridgehead atoms. The largest absolute Gasteiger partial charge is 0.310 e. The first-order valence-electron chi connectivity index (χ1n) is 5.40. The first-order valence-corrected chi connectivity index (χ1v) is 7.86. The summed E-state index contributed by atoms with van der Waals surface area (Å²) < 4.78 is 1.81. The SMILES string of the molecule is CC(=O)SC1CC(=O)N(c2cc(Br)ccc2Br)C1. The van der Waals surface area contributed by atoms with Crippen LogP contribution >= 0.6 is 43.6 Å². The van der Waals surface area contributed by atoms with E-state index in [1.807, 2.05) is 18.2 Å². The van der Waals surface area contributed by atoms with Gasteiger partial charge < -0.3 is 4.90 Å². The summed E-state index contributed by atoms with van der Waals surface area (Å²) in [6.07, 6.45) is 0.420. The van der Waals surface area contributed by atoms with E-state index < -0.39 is 0 Å². The van der Waals surface area contributed by atoms with E-state index in [-0.39, 0.29) is 16.3 Å². The summed E-state index contributed by atoms with van der Waals surface area (Å²) in [7, 11) is 0. The zero-order chi connectivity index (χ0) is 13.3. The Morgan fingerprint density at radius 3 is 2.83 bits per heavy atom. The Labute approximate surface area is 127 Å². The Kier molecular flexibility index (Phi) is 4.50. The minimum Gasteiger partial charge on any atom is -0.310 e. The number of benzene rings is 1. The van der Waals surface area contributed by atoms with Crippen LogP contribution in [0.2, 0.25) is 0 Å². The highest BCUT2D eigenvalue weighted by Crippen LogP contribution is 2.34. The van der Waals surface area contributed by atoms with Crippen LogP contribution in [0.4, 0.5) is 5.69 Å². The van der Waals surface area contributed by atoms with E-state index in [4.69, 9.17) is 0 Å². The van der Waals surface area contributed by atoms with Gasteiger partial charge in [0.2, 0.25) is 5.91 Å². The van der Waals surface area contributed by atoms with Gasteiger partial charge in [0.05, 0.1) is 5.69 Å². The quantitative estimate of drug-likeness (QED) is 0.771. The molecule has 0 spiro atoms. The van der Waals surface area contributed by atoms with Crippen LogP contribution < -0.4 is 4.90 Å². The van der Waals surface area contributed by atoms with Gasteiger partial charge in [0, 0.05) is 34.1 Å². The third kappa shape index (κ3) is 3.16. The number of rotatable bonds is 2. The molecular formula is C12H11Br2NO2S. The van der Waals surface area contributed by atoms with E-state index in [0.717, 1.165) is 14.6 Å². The maximum Gasteiger partial charge on any atom is 0.228 e. The second kappa shape index (κ2) is 5.75. The van der Waals surface area contributed by atoms with Gasteiger partial charge in [0.15, 0.2) is 5.12 Å². The highest BCUT2D eigenvalue weighted by Gasteiger charge is 2.32. The van der Waals surface area contributed by atoms with E-state index in [0.29, 0.717) is 13.0 Å². The lowest BCUT2D eigenvalue weighted by Gasteiger charge is -2.18. The van der Waals surface area contributed by atoms with Crippen LogP contribution in [0, 0.1) is 0 Å². The molecule has 1 heterocycles. The molecule has 0 saturated carbocycles. The lowest BCUT2D eigenvalue weighted by molar-refractivity contribution is -0.117. The van der Waals surface area contributed by atoms with Gasteiger partial charge in [0.25, 0.3) is 0 Å². The lowest BCUT2D eigenvalue weighted by Crippen LogP contribution is -2.25. The van der Waals surface area contributed by atoms with E-state index >= 15 is 0 Å². The number of carbonyl (C=O) groups excluding carboxylic acids is 2. The van der Waals surface area contributed by atoms with Gasteiger partial charge in [-0.1, -0.05) is 27.7 Å². The fourth-order valence-corrected chi connectivity index (χ4v) is 3.64. The lowest BCUT2D eigenvalue weighted by atomic mass is 10.3. The molecule has 3 nitrogen and oxygen atoms in total. The normalized spacial score (nSPS) is 19.4. The predicted octanol–water partition coefficient (Wildman–Crippen LogP) is 3.60. The first-order chi connectivity index (χ1) is 8.47. The average molecular weight is 393 g/mol. The van der Waals surface area contributed by atoms with Gasteiger partial charge in [-0.25, -0.2) is 0 Å². The van der Waals surface area contributed by atoms with Gasteiger partial charge in [-0.15, -0.1) is 0 Å².